The highest BCUT2D eigenvalue weighted by atomic mass is 79.9. The highest BCUT2D eigenvalue weighted by molar-refractivity contribution is 9.18. The van der Waals surface area contributed by atoms with Crippen LogP contribution in [0.3, 0.4) is 0 Å². The van der Waals surface area contributed by atoms with Crippen LogP contribution in [-0.2, 0) is 0 Å². The minimum Gasteiger partial charge on any atom is -0.497 e. The lowest BCUT2D eigenvalue weighted by molar-refractivity contribution is 0.415. The van der Waals surface area contributed by atoms with Gasteiger partial charge in [-0.05, 0) is 73.8 Å². The molecule has 0 aliphatic carbocycles. The number of aliphatic imine (C=N–C) groups is 1. The molecule has 24 heavy (non-hydrogen) atoms. The van der Waals surface area contributed by atoms with Crippen molar-refractivity contribution >= 4 is 49.5 Å². The molecule has 122 valence electrons. The number of nitrogens with zero attached hydrogens (tertiary/aromatic N) is 2. The Balaban J connectivity index is 2.23. The number of halogens is 4. The van der Waals surface area contributed by atoms with Gasteiger partial charge in [-0.15, -0.1) is 0 Å². The Labute approximate surface area is 155 Å². The maximum atomic E-state index is 13.5. The van der Waals surface area contributed by atoms with E-state index in [-0.39, 0.29) is 0 Å². The Morgan fingerprint density at radius 2 is 1.79 bits per heavy atom. The van der Waals surface area contributed by atoms with Crippen molar-refractivity contribution in [3.05, 3.63) is 70.1 Å². The van der Waals surface area contributed by atoms with Gasteiger partial charge in [0.15, 0.2) is 0 Å². The van der Waals surface area contributed by atoms with Crippen LogP contribution in [0, 0.1) is 0 Å². The summed E-state index contributed by atoms with van der Waals surface area (Å²) in [7, 11) is -1.09. The van der Waals surface area contributed by atoms with E-state index in [2.05, 4.69) is 36.9 Å². The topological polar surface area (TPSA) is 26.5 Å². The minimum atomic E-state index is -2.67. The van der Waals surface area contributed by atoms with Crippen LogP contribution in [0.4, 0.5) is 8.63 Å². The van der Waals surface area contributed by atoms with Crippen LogP contribution in [0.5, 0.6) is 5.75 Å². The van der Waals surface area contributed by atoms with Gasteiger partial charge in [0.25, 0.3) is 0 Å². The highest BCUT2D eigenvalue weighted by Crippen LogP contribution is 2.34. The molecule has 0 saturated carbocycles. The van der Waals surface area contributed by atoms with E-state index < -0.39 is 7.40 Å². The molecule has 0 fully saturated rings. The summed E-state index contributed by atoms with van der Waals surface area (Å²) in [5, 5.41) is 0. The molecule has 0 amide bonds. The lowest BCUT2D eigenvalue weighted by Crippen LogP contribution is -2.16. The second kappa shape index (κ2) is 7.07. The van der Waals surface area contributed by atoms with E-state index in [1.165, 1.54) is 0 Å². The number of hydrogen-bond acceptors (Lipinski definition) is 2. The molecule has 2 aromatic rings. The van der Waals surface area contributed by atoms with E-state index in [0.29, 0.717) is 31.9 Å². The van der Waals surface area contributed by atoms with E-state index in [1.54, 1.807) is 43.5 Å². The van der Waals surface area contributed by atoms with Crippen LogP contribution in [-0.4, -0.2) is 23.6 Å². The normalized spacial score (nSPS) is 15.5. The average Bonchev–Trinajstić information content (AvgIpc) is 3.15. The third-order valence-corrected chi connectivity index (χ3v) is 4.65. The van der Waals surface area contributed by atoms with Crippen molar-refractivity contribution in [2.24, 2.45) is 4.99 Å². The zero-order valence-electron chi connectivity index (χ0n) is 12.5. The molecule has 8 heteroatoms. The summed E-state index contributed by atoms with van der Waals surface area (Å²) in [6.45, 7) is 0. The molecular formula is C16H11BBr2F2N2O. The summed E-state index contributed by atoms with van der Waals surface area (Å²) in [6.07, 6.45) is 3.57. The summed E-state index contributed by atoms with van der Waals surface area (Å²) in [6, 6.07) is 10.5. The van der Waals surface area contributed by atoms with Crippen molar-refractivity contribution < 1.29 is 13.4 Å². The number of methoxy groups -OCH3 is 1. The Morgan fingerprint density at radius 3 is 2.33 bits per heavy atom. The first-order chi connectivity index (χ1) is 11.5. The quantitative estimate of drug-likeness (QED) is 0.585. The van der Waals surface area contributed by atoms with Gasteiger partial charge in [-0.3, -0.25) is 8.63 Å². The van der Waals surface area contributed by atoms with Crippen LogP contribution >= 0.6 is 31.9 Å². The van der Waals surface area contributed by atoms with Gasteiger partial charge in [0, 0.05) is 11.3 Å². The number of ether oxygens (including phenoxy) is 1. The Bertz CT molecular complexity index is 857. The summed E-state index contributed by atoms with van der Waals surface area (Å²) in [5.74, 6) is 0.695. The molecule has 1 aliphatic rings. The van der Waals surface area contributed by atoms with Crippen molar-refractivity contribution in [1.29, 1.82) is 0 Å². The summed E-state index contributed by atoms with van der Waals surface area (Å²) >= 11 is 6.49. The van der Waals surface area contributed by atoms with E-state index >= 15 is 0 Å². The Kier molecular flexibility index (Phi) is 5.05. The third kappa shape index (κ3) is 3.25. The molecular weight excluding hydrogens is 445 g/mol. The Hall–Kier alpha value is -1.67. The van der Waals surface area contributed by atoms with Crippen molar-refractivity contribution in [3.8, 4) is 5.75 Å². The minimum absolute atomic E-state index is 0.309. The predicted molar refractivity (Wildman–Crippen MR) is 100 cm³/mol. The van der Waals surface area contributed by atoms with E-state index in [0.717, 1.165) is 10.0 Å². The molecule has 3 nitrogen and oxygen atoms in total. The molecule has 1 aliphatic heterocycles. The zero-order valence-corrected chi connectivity index (χ0v) is 15.7. The van der Waals surface area contributed by atoms with Crippen molar-refractivity contribution in [1.82, 2.24) is 4.48 Å². The van der Waals surface area contributed by atoms with Crippen LogP contribution in [0.2, 0.25) is 0 Å². The zero-order chi connectivity index (χ0) is 17.3. The number of rotatable bonds is 4. The van der Waals surface area contributed by atoms with Crippen molar-refractivity contribution in [2.45, 2.75) is 0 Å². The van der Waals surface area contributed by atoms with Gasteiger partial charge < -0.3 is 9.21 Å². The smallest absolute Gasteiger partial charge is 0.497 e. The van der Waals surface area contributed by atoms with Crippen LogP contribution in [0.1, 0.15) is 11.3 Å². The average molecular weight is 456 g/mol. The molecule has 1 aromatic carbocycles. The number of hydrogen-bond donors (Lipinski definition) is 0. The van der Waals surface area contributed by atoms with Gasteiger partial charge in [-0.1, -0.05) is 12.1 Å². The monoisotopic (exact) mass is 454 g/mol. The first-order valence-electron chi connectivity index (χ1n) is 6.97. The SMILES string of the molecule is COc1ccc(/C(=C2\C=CC(Br)=N2)c2ccc(Br)n2B(F)F)cc1. The lowest BCUT2D eigenvalue weighted by atomic mass is 9.99. The molecule has 3 rings (SSSR count). The standard InChI is InChI=1S/C16H11BBr2F2N2O/c1-24-11-4-2-10(3-5-11)16(12-6-8-14(18)22-12)13-7-9-15(19)23(13)17(20)21/h2-9H,1H3/b16-12-. The third-order valence-electron chi connectivity index (χ3n) is 3.56. The molecule has 0 N–H and O–H groups in total. The molecule has 0 atom stereocenters. The fourth-order valence-electron chi connectivity index (χ4n) is 2.49. The second-order valence-corrected chi connectivity index (χ2v) is 6.57. The van der Waals surface area contributed by atoms with Gasteiger partial charge >= 0.3 is 7.40 Å². The van der Waals surface area contributed by atoms with Gasteiger partial charge in [0.1, 0.15) is 10.4 Å². The largest absolute Gasteiger partial charge is 0.678 e. The van der Waals surface area contributed by atoms with Crippen molar-refractivity contribution in [2.75, 3.05) is 7.11 Å². The molecule has 1 aromatic heterocycles. The Morgan fingerprint density at radius 1 is 1.08 bits per heavy atom. The lowest BCUT2D eigenvalue weighted by Gasteiger charge is -2.14. The highest BCUT2D eigenvalue weighted by Gasteiger charge is 2.26. The predicted octanol–water partition coefficient (Wildman–Crippen LogP) is 5.15. The van der Waals surface area contributed by atoms with Crippen LogP contribution in [0.25, 0.3) is 5.57 Å². The molecule has 0 bridgehead atoms. The van der Waals surface area contributed by atoms with Crippen LogP contribution in [0.15, 0.2) is 63.8 Å². The number of aromatic nitrogens is 1. The summed E-state index contributed by atoms with van der Waals surface area (Å²) < 4.78 is 34.1. The van der Waals surface area contributed by atoms with E-state index in [9.17, 15) is 8.63 Å². The fraction of sp³-hybridized carbons (Fsp3) is 0.0625. The van der Waals surface area contributed by atoms with E-state index in [1.807, 2.05) is 12.1 Å². The van der Waals surface area contributed by atoms with Gasteiger partial charge in [-0.25, -0.2) is 4.99 Å². The molecule has 0 spiro atoms. The first-order valence-corrected chi connectivity index (χ1v) is 8.56. The fourth-order valence-corrected chi connectivity index (χ4v) is 3.29. The number of benzene rings is 1. The molecule has 0 saturated heterocycles. The maximum Gasteiger partial charge on any atom is 0.678 e. The van der Waals surface area contributed by atoms with Crippen molar-refractivity contribution in [3.63, 3.8) is 0 Å². The van der Waals surface area contributed by atoms with E-state index in [4.69, 9.17) is 4.74 Å². The molecule has 0 unspecified atom stereocenters. The second-order valence-electron chi connectivity index (χ2n) is 4.95. The molecule has 0 radical (unpaired) electrons. The first kappa shape index (κ1) is 17.2. The molecule has 2 heterocycles. The van der Waals surface area contributed by atoms with Crippen LogP contribution < -0.4 is 4.74 Å². The van der Waals surface area contributed by atoms with Gasteiger partial charge in [-0.2, -0.15) is 0 Å². The van der Waals surface area contributed by atoms with Gasteiger partial charge in [0.2, 0.25) is 0 Å². The summed E-state index contributed by atoms with van der Waals surface area (Å²) in [5.41, 5.74) is 2.38. The van der Waals surface area contributed by atoms with Gasteiger partial charge in [0.05, 0.1) is 17.4 Å². The summed E-state index contributed by atoms with van der Waals surface area (Å²) in [4.78, 5) is 4.39. The maximum absolute atomic E-state index is 13.5. The number of allylic oxidation sites excluding steroid dienone is 2.